The van der Waals surface area contributed by atoms with Gasteiger partial charge in [-0.05, 0) is 18.8 Å². The monoisotopic (exact) mass is 261 g/mol. The molecule has 0 bridgehead atoms. The SMILES string of the molecule is CCC(CC)C1NCCOC12CCC(F)(F)CC2. The molecule has 2 nitrogen and oxygen atoms in total. The molecule has 1 spiro atoms. The Bertz CT molecular complexity index is 269. The largest absolute Gasteiger partial charge is 0.372 e. The molecule has 0 aromatic heterocycles. The molecule has 1 unspecified atom stereocenters. The Labute approximate surface area is 108 Å². The molecule has 1 aliphatic carbocycles. The van der Waals surface area contributed by atoms with Crippen molar-refractivity contribution in [1.29, 1.82) is 0 Å². The summed E-state index contributed by atoms with van der Waals surface area (Å²) in [4.78, 5) is 0. The summed E-state index contributed by atoms with van der Waals surface area (Å²) in [5, 5.41) is 3.54. The van der Waals surface area contributed by atoms with Crippen LogP contribution in [0, 0.1) is 5.92 Å². The zero-order valence-corrected chi connectivity index (χ0v) is 11.5. The van der Waals surface area contributed by atoms with Gasteiger partial charge >= 0.3 is 0 Å². The molecule has 1 saturated heterocycles. The highest BCUT2D eigenvalue weighted by Gasteiger charge is 2.51. The summed E-state index contributed by atoms with van der Waals surface area (Å²) in [5.74, 6) is -1.96. The second-order valence-electron chi connectivity index (χ2n) is 5.78. The summed E-state index contributed by atoms with van der Waals surface area (Å²) in [6.45, 7) is 5.85. The fourth-order valence-corrected chi connectivity index (χ4v) is 3.60. The lowest BCUT2D eigenvalue weighted by molar-refractivity contribution is -0.170. The van der Waals surface area contributed by atoms with Crippen LogP contribution in [0.25, 0.3) is 0 Å². The highest BCUT2D eigenvalue weighted by Crippen LogP contribution is 2.45. The molecule has 0 radical (unpaired) electrons. The van der Waals surface area contributed by atoms with Crippen LogP contribution in [0.15, 0.2) is 0 Å². The van der Waals surface area contributed by atoms with Gasteiger partial charge in [-0.25, -0.2) is 8.78 Å². The third-order valence-electron chi connectivity index (χ3n) is 4.77. The minimum Gasteiger partial charge on any atom is -0.372 e. The number of ether oxygens (including phenoxy) is 1. The van der Waals surface area contributed by atoms with E-state index >= 15 is 0 Å². The Morgan fingerprint density at radius 2 is 1.78 bits per heavy atom. The summed E-state index contributed by atoms with van der Waals surface area (Å²) < 4.78 is 32.7. The summed E-state index contributed by atoms with van der Waals surface area (Å²) in [6, 6.07) is 0.248. The molecule has 4 heteroatoms. The van der Waals surface area contributed by atoms with E-state index in [9.17, 15) is 8.78 Å². The molecule has 1 heterocycles. The van der Waals surface area contributed by atoms with Crippen molar-refractivity contribution in [3.05, 3.63) is 0 Å². The minimum atomic E-state index is -2.48. The van der Waals surface area contributed by atoms with Gasteiger partial charge in [-0.1, -0.05) is 26.7 Å². The first-order chi connectivity index (χ1) is 8.53. The van der Waals surface area contributed by atoms with E-state index in [1.807, 2.05) is 0 Å². The summed E-state index contributed by atoms with van der Waals surface area (Å²) in [7, 11) is 0. The predicted octanol–water partition coefficient (Wildman–Crippen LogP) is 3.36. The molecule has 0 aromatic rings. The molecular formula is C14H25F2NO. The van der Waals surface area contributed by atoms with Crippen molar-refractivity contribution in [3.8, 4) is 0 Å². The van der Waals surface area contributed by atoms with Crippen molar-refractivity contribution < 1.29 is 13.5 Å². The van der Waals surface area contributed by atoms with Gasteiger partial charge in [-0.2, -0.15) is 0 Å². The van der Waals surface area contributed by atoms with Gasteiger partial charge in [-0.15, -0.1) is 0 Å². The molecule has 0 amide bonds. The van der Waals surface area contributed by atoms with Crippen molar-refractivity contribution in [3.63, 3.8) is 0 Å². The van der Waals surface area contributed by atoms with E-state index in [1.54, 1.807) is 0 Å². The average Bonchev–Trinajstić information content (AvgIpc) is 2.37. The lowest BCUT2D eigenvalue weighted by Gasteiger charge is -2.50. The van der Waals surface area contributed by atoms with Gasteiger partial charge in [0.2, 0.25) is 5.92 Å². The highest BCUT2D eigenvalue weighted by molar-refractivity contribution is 5.02. The Hall–Kier alpha value is -0.220. The van der Waals surface area contributed by atoms with Crippen molar-refractivity contribution in [2.45, 2.75) is 69.9 Å². The molecule has 1 aliphatic heterocycles. The van der Waals surface area contributed by atoms with E-state index < -0.39 is 5.92 Å². The van der Waals surface area contributed by atoms with Crippen LogP contribution >= 0.6 is 0 Å². The smallest absolute Gasteiger partial charge is 0.248 e. The highest BCUT2D eigenvalue weighted by atomic mass is 19.3. The number of alkyl halides is 2. The molecule has 2 aliphatic rings. The van der Waals surface area contributed by atoms with Crippen LogP contribution in [0.1, 0.15) is 52.4 Å². The number of hydrogen-bond donors (Lipinski definition) is 1. The van der Waals surface area contributed by atoms with Gasteiger partial charge in [0, 0.05) is 25.4 Å². The van der Waals surface area contributed by atoms with Crippen molar-refractivity contribution in [1.82, 2.24) is 5.32 Å². The Kier molecular flexibility index (Phi) is 4.27. The summed E-state index contributed by atoms with van der Waals surface area (Å²) in [6.07, 6.45) is 3.10. The molecule has 2 fully saturated rings. The predicted molar refractivity (Wildman–Crippen MR) is 68.0 cm³/mol. The topological polar surface area (TPSA) is 21.3 Å². The Morgan fingerprint density at radius 3 is 2.33 bits per heavy atom. The lowest BCUT2D eigenvalue weighted by Crippen LogP contribution is -2.62. The maximum absolute atomic E-state index is 13.4. The van der Waals surface area contributed by atoms with Gasteiger partial charge < -0.3 is 10.1 Å². The Morgan fingerprint density at radius 1 is 1.17 bits per heavy atom. The molecular weight excluding hydrogens is 236 g/mol. The van der Waals surface area contributed by atoms with E-state index in [4.69, 9.17) is 4.74 Å². The van der Waals surface area contributed by atoms with Crippen LogP contribution in [0.2, 0.25) is 0 Å². The number of rotatable bonds is 3. The third kappa shape index (κ3) is 2.69. The zero-order chi connectivity index (χ0) is 13.2. The van der Waals surface area contributed by atoms with Crippen LogP contribution in [0.3, 0.4) is 0 Å². The standard InChI is InChI=1S/C14H25F2NO/c1-3-11(4-2)12-13(18-10-9-17-12)5-7-14(15,16)8-6-13/h11-12,17H,3-10H2,1-2H3. The second-order valence-corrected chi connectivity index (χ2v) is 5.78. The van der Waals surface area contributed by atoms with Gasteiger partial charge in [0.1, 0.15) is 0 Å². The molecule has 1 N–H and O–H groups in total. The van der Waals surface area contributed by atoms with E-state index in [1.165, 1.54) is 0 Å². The third-order valence-corrected chi connectivity index (χ3v) is 4.77. The number of hydrogen-bond acceptors (Lipinski definition) is 2. The van der Waals surface area contributed by atoms with Crippen molar-refractivity contribution in [2.75, 3.05) is 13.2 Å². The molecule has 1 saturated carbocycles. The quantitative estimate of drug-likeness (QED) is 0.841. The van der Waals surface area contributed by atoms with E-state index in [0.29, 0.717) is 25.4 Å². The van der Waals surface area contributed by atoms with Crippen LogP contribution in [-0.4, -0.2) is 30.7 Å². The normalized spacial score (nSPS) is 30.8. The maximum atomic E-state index is 13.4. The van der Waals surface area contributed by atoms with E-state index in [2.05, 4.69) is 19.2 Å². The average molecular weight is 261 g/mol. The Balaban J connectivity index is 2.12. The summed E-state index contributed by atoms with van der Waals surface area (Å²) >= 11 is 0. The number of halogens is 2. The minimum absolute atomic E-state index is 0.0225. The summed E-state index contributed by atoms with van der Waals surface area (Å²) in [5.41, 5.74) is -0.337. The molecule has 106 valence electrons. The van der Waals surface area contributed by atoms with E-state index in [-0.39, 0.29) is 24.5 Å². The van der Waals surface area contributed by atoms with Crippen LogP contribution in [0.4, 0.5) is 8.78 Å². The maximum Gasteiger partial charge on any atom is 0.248 e. The second kappa shape index (κ2) is 5.41. The fraction of sp³-hybridized carbons (Fsp3) is 1.00. The first kappa shape index (κ1) is 14.2. The van der Waals surface area contributed by atoms with Gasteiger partial charge in [0.05, 0.1) is 12.2 Å². The fourth-order valence-electron chi connectivity index (χ4n) is 3.60. The molecule has 18 heavy (non-hydrogen) atoms. The first-order valence-electron chi connectivity index (χ1n) is 7.28. The van der Waals surface area contributed by atoms with Gasteiger partial charge in [0.25, 0.3) is 0 Å². The molecule has 0 aromatic carbocycles. The zero-order valence-electron chi connectivity index (χ0n) is 11.5. The first-order valence-corrected chi connectivity index (χ1v) is 7.28. The van der Waals surface area contributed by atoms with Gasteiger partial charge in [-0.3, -0.25) is 0 Å². The van der Waals surface area contributed by atoms with Crippen molar-refractivity contribution >= 4 is 0 Å². The van der Waals surface area contributed by atoms with Crippen LogP contribution in [-0.2, 0) is 4.74 Å². The van der Waals surface area contributed by atoms with Gasteiger partial charge in [0.15, 0.2) is 0 Å². The molecule has 1 atom stereocenters. The van der Waals surface area contributed by atoms with Crippen molar-refractivity contribution in [2.24, 2.45) is 5.92 Å². The lowest BCUT2D eigenvalue weighted by atomic mass is 9.71. The number of morpholine rings is 1. The van der Waals surface area contributed by atoms with Crippen LogP contribution in [0.5, 0.6) is 0 Å². The number of nitrogens with one attached hydrogen (secondary N) is 1. The van der Waals surface area contributed by atoms with E-state index in [0.717, 1.165) is 19.4 Å². The van der Waals surface area contributed by atoms with Crippen LogP contribution < -0.4 is 5.32 Å². The molecule has 2 rings (SSSR count).